The molecule has 2 heterocycles. The van der Waals surface area contributed by atoms with Gasteiger partial charge in [0.15, 0.2) is 6.10 Å². The molecule has 3 rings (SSSR count). The lowest BCUT2D eigenvalue weighted by Gasteiger charge is -2.58. The summed E-state index contributed by atoms with van der Waals surface area (Å²) in [6.07, 6.45) is -2.97. The minimum Gasteiger partial charge on any atom is -0.457 e. The van der Waals surface area contributed by atoms with Crippen LogP contribution >= 0.6 is 46.6 Å². The molecule has 5 atom stereocenters. The average molecular weight is 629 g/mol. The predicted octanol–water partition coefficient (Wildman–Crippen LogP) is 6.36. The summed E-state index contributed by atoms with van der Waals surface area (Å²) in [6.45, 7) is 13.7. The molecule has 1 amide bonds. The summed E-state index contributed by atoms with van der Waals surface area (Å²) in [7, 11) is -2.97. The number of nitrogens with one attached hydrogen (secondary N) is 1. The van der Waals surface area contributed by atoms with E-state index in [1.807, 2.05) is 30.3 Å². The summed E-state index contributed by atoms with van der Waals surface area (Å²) < 4.78 is 29.2. The molecule has 0 aromatic heterocycles. The SMILES string of the molecule is CC(=O)O[C@@H]1[C@@H](NC(=O)OCC(Cl)(Cl)Cl)[C@H](Sc2ccccc2)O[C@@H]2CO[Si](C(C)(C)C)(C(C)(C)C)O[C@H]12. The van der Waals surface area contributed by atoms with Gasteiger partial charge in [0.25, 0.3) is 0 Å². The number of alkyl carbamates (subject to hydrolysis) is 1. The zero-order valence-electron chi connectivity index (χ0n) is 22.6. The number of amides is 1. The highest BCUT2D eigenvalue weighted by Gasteiger charge is 2.65. The average Bonchev–Trinajstić information content (AvgIpc) is 2.78. The van der Waals surface area contributed by atoms with E-state index in [4.69, 9.17) is 57.9 Å². The van der Waals surface area contributed by atoms with Crippen molar-refractivity contribution in [1.29, 1.82) is 0 Å². The largest absolute Gasteiger partial charge is 0.457 e. The van der Waals surface area contributed by atoms with Gasteiger partial charge in [-0.15, -0.1) is 0 Å². The number of fused-ring (bicyclic) bond motifs is 1. The van der Waals surface area contributed by atoms with Crippen molar-refractivity contribution in [3.05, 3.63) is 30.3 Å². The van der Waals surface area contributed by atoms with Crippen molar-refractivity contribution < 1.29 is 32.7 Å². The third-order valence-electron chi connectivity index (χ3n) is 6.32. The van der Waals surface area contributed by atoms with Crippen molar-refractivity contribution in [1.82, 2.24) is 5.32 Å². The van der Waals surface area contributed by atoms with E-state index in [0.29, 0.717) is 0 Å². The minimum absolute atomic E-state index is 0.263. The standard InChI is InChI=1S/C25H36Cl3NO7SSi/c1-15(30)34-20-18(29-22(31)32-14-25(26,27)28)21(37-16-11-9-8-10-12-16)35-17-13-33-38(23(2,3)4,24(5,6)7)36-19(17)20/h8-12,17-21H,13-14H2,1-7H3,(H,29,31)/t17-,18-,19+,20-,21+/m1/s1. The molecule has 1 N–H and O–H groups in total. The second-order valence-electron chi connectivity index (χ2n) is 11.4. The van der Waals surface area contributed by atoms with Crippen molar-refractivity contribution in [2.24, 2.45) is 0 Å². The summed E-state index contributed by atoms with van der Waals surface area (Å²) >= 11 is 18.7. The molecule has 13 heteroatoms. The van der Waals surface area contributed by atoms with Crippen LogP contribution in [0.1, 0.15) is 48.5 Å². The van der Waals surface area contributed by atoms with E-state index in [1.165, 1.54) is 18.7 Å². The Labute approximate surface area is 244 Å². The van der Waals surface area contributed by atoms with Crippen LogP contribution in [-0.2, 0) is 27.9 Å². The number of hydrogen-bond acceptors (Lipinski definition) is 8. The first-order valence-electron chi connectivity index (χ1n) is 12.3. The number of ether oxygens (including phenoxy) is 3. The van der Waals surface area contributed by atoms with Gasteiger partial charge in [0.05, 0.1) is 6.61 Å². The van der Waals surface area contributed by atoms with Gasteiger partial charge in [-0.05, 0) is 12.1 Å². The Balaban J connectivity index is 2.00. The Bertz CT molecular complexity index is 970. The Morgan fingerprint density at radius 1 is 1.08 bits per heavy atom. The second-order valence-corrected chi connectivity index (χ2v) is 19.9. The van der Waals surface area contributed by atoms with Crippen molar-refractivity contribution in [3.63, 3.8) is 0 Å². The van der Waals surface area contributed by atoms with Crippen molar-refractivity contribution >= 4 is 67.2 Å². The molecule has 2 fully saturated rings. The maximum absolute atomic E-state index is 12.8. The summed E-state index contributed by atoms with van der Waals surface area (Å²) in [4.78, 5) is 26.1. The predicted molar refractivity (Wildman–Crippen MR) is 151 cm³/mol. The van der Waals surface area contributed by atoms with Crippen molar-refractivity contribution in [3.8, 4) is 0 Å². The number of rotatable bonds is 5. The summed E-state index contributed by atoms with van der Waals surface area (Å²) in [5.41, 5.74) is -0.672. The molecular weight excluding hydrogens is 593 g/mol. The first kappa shape index (κ1) is 31.8. The van der Waals surface area contributed by atoms with Crippen LogP contribution in [0.5, 0.6) is 0 Å². The van der Waals surface area contributed by atoms with Crippen molar-refractivity contribution in [2.75, 3.05) is 13.2 Å². The highest BCUT2D eigenvalue weighted by Crippen LogP contribution is 2.55. The zero-order chi connectivity index (χ0) is 28.5. The molecule has 1 aromatic carbocycles. The quantitative estimate of drug-likeness (QED) is 0.229. The molecule has 2 aliphatic heterocycles. The van der Waals surface area contributed by atoms with Crippen LogP contribution in [0.3, 0.4) is 0 Å². The molecule has 8 nitrogen and oxygen atoms in total. The fourth-order valence-electron chi connectivity index (χ4n) is 5.06. The highest BCUT2D eigenvalue weighted by atomic mass is 35.6. The lowest BCUT2D eigenvalue weighted by molar-refractivity contribution is -0.208. The molecule has 0 unspecified atom stereocenters. The summed E-state index contributed by atoms with van der Waals surface area (Å²) in [5.74, 6) is -0.519. The smallest absolute Gasteiger partial charge is 0.407 e. The number of carbonyl (C=O) groups excluding carboxylic acids is 2. The van der Waals surface area contributed by atoms with E-state index < -0.39 is 60.8 Å². The molecule has 0 spiro atoms. The van der Waals surface area contributed by atoms with Crippen LogP contribution in [0.4, 0.5) is 4.79 Å². The number of hydrogen-bond donors (Lipinski definition) is 1. The molecule has 0 bridgehead atoms. The molecule has 1 aromatic rings. The van der Waals surface area contributed by atoms with E-state index in [-0.39, 0.29) is 16.7 Å². The zero-order valence-corrected chi connectivity index (χ0v) is 26.7. The van der Waals surface area contributed by atoms with Crippen LogP contribution in [0, 0.1) is 0 Å². The van der Waals surface area contributed by atoms with Gasteiger partial charge in [0.2, 0.25) is 3.79 Å². The normalized spacial score (nSPS) is 27.7. The molecule has 2 saturated heterocycles. The van der Waals surface area contributed by atoms with Gasteiger partial charge in [0.1, 0.15) is 30.3 Å². The Kier molecular flexibility index (Phi) is 10.1. The lowest BCUT2D eigenvalue weighted by atomic mass is 9.98. The molecule has 0 saturated carbocycles. The molecule has 2 aliphatic rings. The Morgan fingerprint density at radius 3 is 2.21 bits per heavy atom. The van der Waals surface area contributed by atoms with E-state index in [9.17, 15) is 9.59 Å². The first-order valence-corrected chi connectivity index (χ1v) is 16.1. The maximum atomic E-state index is 12.8. The van der Waals surface area contributed by atoms with E-state index in [1.54, 1.807) is 0 Å². The molecule has 214 valence electrons. The van der Waals surface area contributed by atoms with Gasteiger partial charge in [0, 0.05) is 21.9 Å². The lowest BCUT2D eigenvalue weighted by Crippen LogP contribution is -2.73. The number of benzene rings is 1. The van der Waals surface area contributed by atoms with Crippen LogP contribution in [0.25, 0.3) is 0 Å². The van der Waals surface area contributed by atoms with E-state index in [2.05, 4.69) is 46.9 Å². The number of carbonyl (C=O) groups is 2. The third-order valence-corrected chi connectivity index (χ3v) is 13.0. The van der Waals surface area contributed by atoms with E-state index in [0.717, 1.165) is 4.90 Å². The van der Waals surface area contributed by atoms with Crippen LogP contribution < -0.4 is 5.32 Å². The number of thioether (sulfide) groups is 1. The van der Waals surface area contributed by atoms with E-state index >= 15 is 0 Å². The fraction of sp³-hybridized carbons (Fsp3) is 0.680. The number of halogens is 3. The third kappa shape index (κ3) is 7.51. The Morgan fingerprint density at radius 2 is 1.68 bits per heavy atom. The van der Waals surface area contributed by atoms with Crippen molar-refractivity contribution in [2.45, 2.75) is 97.0 Å². The van der Waals surface area contributed by atoms with Gasteiger partial charge >= 0.3 is 20.6 Å². The highest BCUT2D eigenvalue weighted by molar-refractivity contribution is 7.99. The minimum atomic E-state index is -2.97. The van der Waals surface area contributed by atoms with Gasteiger partial charge in [-0.25, -0.2) is 4.79 Å². The number of alkyl halides is 3. The van der Waals surface area contributed by atoms with Crippen LogP contribution in [0.15, 0.2) is 35.2 Å². The van der Waals surface area contributed by atoms with Crippen LogP contribution in [0.2, 0.25) is 10.1 Å². The number of esters is 1. The fourth-order valence-corrected chi connectivity index (χ4v) is 11.3. The molecule has 0 aliphatic carbocycles. The van der Waals surface area contributed by atoms with Gasteiger partial charge in [-0.1, -0.05) is 106 Å². The van der Waals surface area contributed by atoms with Gasteiger partial charge in [-0.2, -0.15) is 0 Å². The topological polar surface area (TPSA) is 92.3 Å². The monoisotopic (exact) mass is 627 g/mol. The summed E-state index contributed by atoms with van der Waals surface area (Å²) in [6, 6.07) is 8.69. The molecule has 38 heavy (non-hydrogen) atoms. The Hall–Kier alpha value is -0.723. The van der Waals surface area contributed by atoms with Gasteiger partial charge in [-0.3, -0.25) is 4.79 Å². The summed E-state index contributed by atoms with van der Waals surface area (Å²) in [5, 5.41) is 2.15. The first-order chi connectivity index (χ1) is 17.4. The maximum Gasteiger partial charge on any atom is 0.407 e. The van der Waals surface area contributed by atoms with Gasteiger partial charge < -0.3 is 28.4 Å². The molecule has 0 radical (unpaired) electrons. The molecular formula is C25H36Cl3NO7SSi. The second kappa shape index (κ2) is 12.0. The van der Waals surface area contributed by atoms with Crippen LogP contribution in [-0.4, -0.2) is 67.4 Å².